The lowest BCUT2D eigenvalue weighted by atomic mass is 9.97. The van der Waals surface area contributed by atoms with Gasteiger partial charge in [-0.25, -0.2) is 0 Å². The SMILES string of the molecule is CC(=O)c1c([C@H](O)[C@@H](O)[C@@H](O)CO)cn(Cc2ccccc2)c1C. The molecule has 0 saturated heterocycles. The zero-order chi connectivity index (χ0) is 17.9. The van der Waals surface area contributed by atoms with Crippen molar-refractivity contribution in [3.8, 4) is 0 Å². The molecule has 6 heteroatoms. The topological polar surface area (TPSA) is 103 Å². The summed E-state index contributed by atoms with van der Waals surface area (Å²) in [6, 6.07) is 9.64. The number of nitrogens with zero attached hydrogens (tertiary/aromatic N) is 1. The molecule has 0 fully saturated rings. The maximum Gasteiger partial charge on any atom is 0.161 e. The van der Waals surface area contributed by atoms with E-state index < -0.39 is 24.9 Å². The molecular weight excluding hydrogens is 310 g/mol. The summed E-state index contributed by atoms with van der Waals surface area (Å²) in [5.41, 5.74) is 2.27. The van der Waals surface area contributed by atoms with Gasteiger partial charge in [-0.3, -0.25) is 4.79 Å². The van der Waals surface area contributed by atoms with E-state index in [1.54, 1.807) is 13.1 Å². The molecule has 0 radical (unpaired) electrons. The molecule has 0 bridgehead atoms. The normalized spacial score (nSPS) is 15.1. The number of aliphatic hydroxyl groups is 4. The predicted molar refractivity (Wildman–Crippen MR) is 88.8 cm³/mol. The van der Waals surface area contributed by atoms with Crippen LogP contribution in [-0.2, 0) is 6.54 Å². The van der Waals surface area contributed by atoms with E-state index in [9.17, 15) is 20.1 Å². The Bertz CT molecular complexity index is 695. The van der Waals surface area contributed by atoms with Crippen LogP contribution in [0.25, 0.3) is 0 Å². The van der Waals surface area contributed by atoms with Crippen molar-refractivity contribution in [2.75, 3.05) is 6.61 Å². The first-order valence-electron chi connectivity index (χ1n) is 7.76. The van der Waals surface area contributed by atoms with Crippen LogP contribution in [0.5, 0.6) is 0 Å². The Balaban J connectivity index is 2.41. The molecule has 3 atom stereocenters. The fraction of sp³-hybridized carbons (Fsp3) is 0.389. The summed E-state index contributed by atoms with van der Waals surface area (Å²) in [4.78, 5) is 12.0. The highest BCUT2D eigenvalue weighted by molar-refractivity contribution is 5.97. The number of aliphatic hydroxyl groups excluding tert-OH is 4. The first-order chi connectivity index (χ1) is 11.4. The average Bonchev–Trinajstić information content (AvgIpc) is 2.90. The fourth-order valence-electron chi connectivity index (χ4n) is 2.81. The van der Waals surface area contributed by atoms with Gasteiger partial charge >= 0.3 is 0 Å². The lowest BCUT2D eigenvalue weighted by molar-refractivity contribution is -0.0777. The lowest BCUT2D eigenvalue weighted by Gasteiger charge is -2.21. The molecule has 0 aliphatic carbocycles. The van der Waals surface area contributed by atoms with E-state index in [1.165, 1.54) is 6.92 Å². The quantitative estimate of drug-likeness (QED) is 0.561. The molecule has 0 unspecified atom stereocenters. The Morgan fingerprint density at radius 2 is 1.79 bits per heavy atom. The van der Waals surface area contributed by atoms with Crippen molar-refractivity contribution in [1.29, 1.82) is 0 Å². The van der Waals surface area contributed by atoms with E-state index in [1.807, 2.05) is 34.9 Å². The highest BCUT2D eigenvalue weighted by atomic mass is 16.4. The number of ketones is 1. The van der Waals surface area contributed by atoms with Gasteiger partial charge in [0, 0.05) is 29.6 Å². The van der Waals surface area contributed by atoms with Crippen LogP contribution in [0.3, 0.4) is 0 Å². The highest BCUT2D eigenvalue weighted by Gasteiger charge is 2.30. The Morgan fingerprint density at radius 1 is 1.17 bits per heavy atom. The van der Waals surface area contributed by atoms with Crippen LogP contribution in [0.2, 0.25) is 0 Å². The van der Waals surface area contributed by atoms with E-state index in [-0.39, 0.29) is 11.3 Å². The van der Waals surface area contributed by atoms with Gasteiger partial charge in [0.2, 0.25) is 0 Å². The van der Waals surface area contributed by atoms with E-state index in [4.69, 9.17) is 5.11 Å². The highest BCUT2D eigenvalue weighted by Crippen LogP contribution is 2.28. The van der Waals surface area contributed by atoms with Crippen LogP contribution < -0.4 is 0 Å². The summed E-state index contributed by atoms with van der Waals surface area (Å²) in [5, 5.41) is 38.8. The smallest absolute Gasteiger partial charge is 0.161 e. The van der Waals surface area contributed by atoms with Gasteiger partial charge in [0.25, 0.3) is 0 Å². The summed E-state index contributed by atoms with van der Waals surface area (Å²) in [7, 11) is 0. The standard InChI is InChI=1S/C18H23NO5/c1-11-16(12(2)21)14(17(23)18(24)15(22)10-20)9-19(11)8-13-6-4-3-5-7-13/h3-7,9,15,17-18,20,22-24H,8,10H2,1-2H3/t15-,17-,18-/m0/s1. The minimum Gasteiger partial charge on any atom is -0.394 e. The number of carbonyl (C=O) groups is 1. The second-order valence-electron chi connectivity index (χ2n) is 5.90. The van der Waals surface area contributed by atoms with Gasteiger partial charge in [-0.2, -0.15) is 0 Å². The van der Waals surface area contributed by atoms with Gasteiger partial charge < -0.3 is 25.0 Å². The predicted octanol–water partition coefficient (Wildman–Crippen LogP) is 0.795. The van der Waals surface area contributed by atoms with Crippen molar-refractivity contribution in [3.63, 3.8) is 0 Å². The Morgan fingerprint density at radius 3 is 2.33 bits per heavy atom. The number of hydrogen-bond acceptors (Lipinski definition) is 5. The molecule has 0 aliphatic heterocycles. The molecule has 0 amide bonds. The number of benzene rings is 1. The number of aromatic nitrogens is 1. The minimum absolute atomic E-state index is 0.237. The third-order valence-corrected chi connectivity index (χ3v) is 4.15. The number of carbonyl (C=O) groups excluding carboxylic acids is 1. The maximum atomic E-state index is 12.0. The van der Waals surface area contributed by atoms with Crippen LogP contribution in [-0.4, -0.2) is 49.6 Å². The van der Waals surface area contributed by atoms with Crippen molar-refractivity contribution in [3.05, 3.63) is 58.9 Å². The number of rotatable bonds is 7. The van der Waals surface area contributed by atoms with E-state index in [2.05, 4.69) is 0 Å². The summed E-state index contributed by atoms with van der Waals surface area (Å²) in [6.45, 7) is 2.99. The summed E-state index contributed by atoms with van der Waals surface area (Å²) < 4.78 is 1.82. The molecule has 0 aliphatic rings. The van der Waals surface area contributed by atoms with E-state index in [0.717, 1.165) is 5.56 Å². The van der Waals surface area contributed by atoms with Crippen LogP contribution in [0.4, 0.5) is 0 Å². The molecular formula is C18H23NO5. The Kier molecular flexibility index (Phi) is 5.90. The first-order valence-corrected chi connectivity index (χ1v) is 7.76. The van der Waals surface area contributed by atoms with Gasteiger partial charge in [-0.05, 0) is 19.4 Å². The molecule has 2 aromatic rings. The molecule has 4 N–H and O–H groups in total. The monoisotopic (exact) mass is 333 g/mol. The molecule has 1 aromatic heterocycles. The zero-order valence-electron chi connectivity index (χ0n) is 13.8. The van der Waals surface area contributed by atoms with Gasteiger partial charge in [-0.1, -0.05) is 30.3 Å². The third kappa shape index (κ3) is 3.73. The van der Waals surface area contributed by atoms with Gasteiger partial charge in [0.05, 0.1) is 6.61 Å². The van der Waals surface area contributed by atoms with Crippen LogP contribution >= 0.6 is 0 Å². The average molecular weight is 333 g/mol. The Labute approximate surface area is 140 Å². The Hall–Kier alpha value is -1.99. The van der Waals surface area contributed by atoms with Crippen LogP contribution in [0.1, 0.15) is 40.2 Å². The molecule has 2 rings (SSSR count). The van der Waals surface area contributed by atoms with Crippen LogP contribution in [0.15, 0.2) is 36.5 Å². The van der Waals surface area contributed by atoms with Gasteiger partial charge in [0.1, 0.15) is 18.3 Å². The maximum absolute atomic E-state index is 12.0. The summed E-state index contributed by atoms with van der Waals surface area (Å²) in [5.74, 6) is -0.237. The number of hydrogen-bond donors (Lipinski definition) is 4. The second kappa shape index (κ2) is 7.72. The molecule has 0 spiro atoms. The van der Waals surface area contributed by atoms with Gasteiger partial charge in [-0.15, -0.1) is 0 Å². The van der Waals surface area contributed by atoms with Crippen molar-refractivity contribution < 1.29 is 25.2 Å². The number of Topliss-reactive ketones (excluding diaryl/α,β-unsaturated/α-hetero) is 1. The van der Waals surface area contributed by atoms with Crippen molar-refractivity contribution in [2.45, 2.75) is 38.7 Å². The van der Waals surface area contributed by atoms with E-state index >= 15 is 0 Å². The third-order valence-electron chi connectivity index (χ3n) is 4.15. The van der Waals surface area contributed by atoms with Crippen molar-refractivity contribution in [1.82, 2.24) is 4.57 Å². The molecule has 24 heavy (non-hydrogen) atoms. The summed E-state index contributed by atoms with van der Waals surface area (Å²) >= 11 is 0. The fourth-order valence-corrected chi connectivity index (χ4v) is 2.81. The molecule has 130 valence electrons. The molecule has 0 saturated carbocycles. The van der Waals surface area contributed by atoms with Gasteiger partial charge in [0.15, 0.2) is 5.78 Å². The largest absolute Gasteiger partial charge is 0.394 e. The second-order valence-corrected chi connectivity index (χ2v) is 5.90. The first kappa shape index (κ1) is 18.4. The molecule has 1 aromatic carbocycles. The lowest BCUT2D eigenvalue weighted by Crippen LogP contribution is -2.35. The molecule has 1 heterocycles. The summed E-state index contributed by atoms with van der Waals surface area (Å²) in [6.07, 6.45) is -2.93. The minimum atomic E-state index is -1.58. The van der Waals surface area contributed by atoms with E-state index in [0.29, 0.717) is 17.8 Å². The van der Waals surface area contributed by atoms with Crippen molar-refractivity contribution >= 4 is 5.78 Å². The zero-order valence-corrected chi connectivity index (χ0v) is 13.8. The molecule has 6 nitrogen and oxygen atoms in total. The van der Waals surface area contributed by atoms with Crippen molar-refractivity contribution in [2.24, 2.45) is 0 Å². The van der Waals surface area contributed by atoms with Crippen LogP contribution in [0, 0.1) is 6.92 Å².